The van der Waals surface area contributed by atoms with Gasteiger partial charge in [0.2, 0.25) is 0 Å². The third-order valence-corrected chi connectivity index (χ3v) is 2.38. The van der Waals surface area contributed by atoms with Crippen LogP contribution in [-0.2, 0) is 11.2 Å². The number of rotatable bonds is 5. The van der Waals surface area contributed by atoms with Crippen molar-refractivity contribution in [1.29, 1.82) is 0 Å². The lowest BCUT2D eigenvalue weighted by Crippen LogP contribution is -2.34. The molecule has 1 aromatic carbocycles. The lowest BCUT2D eigenvalue weighted by molar-refractivity contribution is 0.0520. The van der Waals surface area contributed by atoms with Crippen LogP contribution in [-0.4, -0.2) is 24.8 Å². The standard InChI is InChI=1S/C15H23NO3/c1-5-12-8-6-7-9-13(12)18-11-10-16-14(17)19-15(2,3)4/h6-9H,5,10-11H2,1-4H3,(H,16,17). The van der Waals surface area contributed by atoms with Gasteiger partial charge < -0.3 is 14.8 Å². The van der Waals surface area contributed by atoms with Gasteiger partial charge in [0.1, 0.15) is 18.0 Å². The normalized spacial score (nSPS) is 10.9. The molecule has 0 fully saturated rings. The first-order chi connectivity index (χ1) is 8.92. The fraction of sp³-hybridized carbons (Fsp3) is 0.533. The number of amides is 1. The Morgan fingerprint density at radius 1 is 1.26 bits per heavy atom. The molecule has 0 bridgehead atoms. The summed E-state index contributed by atoms with van der Waals surface area (Å²) in [6.07, 6.45) is 0.509. The lowest BCUT2D eigenvalue weighted by atomic mass is 10.1. The van der Waals surface area contributed by atoms with Crippen LogP contribution < -0.4 is 10.1 Å². The Labute approximate surface area is 115 Å². The number of hydrogen-bond donors (Lipinski definition) is 1. The molecule has 0 aliphatic carbocycles. The van der Waals surface area contributed by atoms with Crippen molar-refractivity contribution < 1.29 is 14.3 Å². The van der Waals surface area contributed by atoms with Gasteiger partial charge in [-0.1, -0.05) is 25.1 Å². The molecule has 0 unspecified atom stereocenters. The second-order valence-electron chi connectivity index (χ2n) is 5.24. The summed E-state index contributed by atoms with van der Waals surface area (Å²) in [7, 11) is 0. The summed E-state index contributed by atoms with van der Waals surface area (Å²) in [5, 5.41) is 2.66. The van der Waals surface area contributed by atoms with Crippen molar-refractivity contribution in [3.63, 3.8) is 0 Å². The van der Waals surface area contributed by atoms with E-state index in [4.69, 9.17) is 9.47 Å². The second-order valence-corrected chi connectivity index (χ2v) is 5.24. The van der Waals surface area contributed by atoms with E-state index in [1.54, 1.807) is 0 Å². The average Bonchev–Trinajstić information content (AvgIpc) is 2.33. The number of benzene rings is 1. The number of ether oxygens (including phenoxy) is 2. The van der Waals surface area contributed by atoms with Crippen molar-refractivity contribution in [2.45, 2.75) is 39.7 Å². The Balaban J connectivity index is 2.29. The van der Waals surface area contributed by atoms with Gasteiger partial charge in [0.25, 0.3) is 0 Å². The zero-order chi connectivity index (χ0) is 14.3. The first kappa shape index (κ1) is 15.3. The first-order valence-electron chi connectivity index (χ1n) is 6.60. The number of aryl methyl sites for hydroxylation is 1. The molecule has 0 atom stereocenters. The van der Waals surface area contributed by atoms with Crippen LogP contribution >= 0.6 is 0 Å². The van der Waals surface area contributed by atoms with E-state index >= 15 is 0 Å². The maximum absolute atomic E-state index is 11.4. The summed E-state index contributed by atoms with van der Waals surface area (Å²) in [5.41, 5.74) is 0.694. The maximum Gasteiger partial charge on any atom is 0.407 e. The molecule has 1 N–H and O–H groups in total. The number of alkyl carbamates (subject to hydrolysis) is 1. The number of nitrogens with one attached hydrogen (secondary N) is 1. The van der Waals surface area contributed by atoms with E-state index in [0.717, 1.165) is 12.2 Å². The predicted molar refractivity (Wildman–Crippen MR) is 75.6 cm³/mol. The summed E-state index contributed by atoms with van der Waals surface area (Å²) in [4.78, 5) is 11.4. The summed E-state index contributed by atoms with van der Waals surface area (Å²) in [6.45, 7) is 8.44. The van der Waals surface area contributed by atoms with Crippen molar-refractivity contribution >= 4 is 6.09 Å². The fourth-order valence-electron chi connectivity index (χ4n) is 1.56. The van der Waals surface area contributed by atoms with E-state index in [1.807, 2.05) is 45.0 Å². The zero-order valence-electron chi connectivity index (χ0n) is 12.2. The van der Waals surface area contributed by atoms with Gasteiger partial charge in [-0.25, -0.2) is 4.79 Å². The van der Waals surface area contributed by atoms with Crippen LogP contribution in [0.15, 0.2) is 24.3 Å². The molecule has 0 heterocycles. The predicted octanol–water partition coefficient (Wildman–Crippen LogP) is 3.15. The van der Waals surface area contributed by atoms with Gasteiger partial charge in [0.15, 0.2) is 0 Å². The minimum Gasteiger partial charge on any atom is -0.491 e. The van der Waals surface area contributed by atoms with E-state index in [1.165, 1.54) is 5.56 Å². The van der Waals surface area contributed by atoms with Crippen LogP contribution in [0.5, 0.6) is 5.75 Å². The quantitative estimate of drug-likeness (QED) is 0.832. The first-order valence-corrected chi connectivity index (χ1v) is 6.60. The lowest BCUT2D eigenvalue weighted by Gasteiger charge is -2.19. The highest BCUT2D eigenvalue weighted by molar-refractivity contribution is 5.67. The van der Waals surface area contributed by atoms with Crippen molar-refractivity contribution in [3.8, 4) is 5.75 Å². The van der Waals surface area contributed by atoms with E-state index in [9.17, 15) is 4.79 Å². The molecule has 0 spiro atoms. The molecule has 0 saturated carbocycles. The van der Waals surface area contributed by atoms with Crippen LogP contribution in [0, 0.1) is 0 Å². The fourth-order valence-corrected chi connectivity index (χ4v) is 1.56. The van der Waals surface area contributed by atoms with Crippen molar-refractivity contribution in [3.05, 3.63) is 29.8 Å². The van der Waals surface area contributed by atoms with Gasteiger partial charge in [-0.2, -0.15) is 0 Å². The molecular formula is C15H23NO3. The van der Waals surface area contributed by atoms with Crippen molar-refractivity contribution in [1.82, 2.24) is 5.32 Å². The SMILES string of the molecule is CCc1ccccc1OCCNC(=O)OC(C)(C)C. The Morgan fingerprint density at radius 3 is 2.58 bits per heavy atom. The van der Waals surface area contributed by atoms with Gasteiger partial charge >= 0.3 is 6.09 Å². The van der Waals surface area contributed by atoms with Crippen molar-refractivity contribution in [2.24, 2.45) is 0 Å². The van der Waals surface area contributed by atoms with Crippen LogP contribution in [0.3, 0.4) is 0 Å². The van der Waals surface area contributed by atoms with Gasteiger partial charge in [-0.3, -0.25) is 0 Å². The van der Waals surface area contributed by atoms with E-state index in [0.29, 0.717) is 13.2 Å². The molecule has 1 aromatic rings. The van der Waals surface area contributed by atoms with E-state index < -0.39 is 11.7 Å². The number of carbonyl (C=O) groups is 1. The third kappa shape index (κ3) is 6.13. The Hall–Kier alpha value is -1.71. The molecule has 106 valence electrons. The highest BCUT2D eigenvalue weighted by atomic mass is 16.6. The largest absolute Gasteiger partial charge is 0.491 e. The topological polar surface area (TPSA) is 47.6 Å². The molecule has 0 aliphatic heterocycles. The van der Waals surface area contributed by atoms with Crippen LogP contribution in [0.2, 0.25) is 0 Å². The molecule has 4 nitrogen and oxygen atoms in total. The summed E-state index contributed by atoms with van der Waals surface area (Å²) < 4.78 is 10.8. The zero-order valence-corrected chi connectivity index (χ0v) is 12.2. The average molecular weight is 265 g/mol. The Bertz CT molecular complexity index is 410. The van der Waals surface area contributed by atoms with Gasteiger partial charge in [-0.15, -0.1) is 0 Å². The smallest absolute Gasteiger partial charge is 0.407 e. The van der Waals surface area contributed by atoms with Crippen LogP contribution in [0.4, 0.5) is 4.79 Å². The molecule has 1 rings (SSSR count). The molecular weight excluding hydrogens is 242 g/mol. The minimum atomic E-state index is -0.472. The summed E-state index contributed by atoms with van der Waals surface area (Å²) in [6, 6.07) is 7.91. The van der Waals surface area contributed by atoms with Gasteiger partial charge in [0, 0.05) is 0 Å². The number of para-hydroxylation sites is 1. The summed E-state index contributed by atoms with van der Waals surface area (Å²) >= 11 is 0. The third-order valence-electron chi connectivity index (χ3n) is 2.38. The highest BCUT2D eigenvalue weighted by Gasteiger charge is 2.15. The van der Waals surface area contributed by atoms with Crippen molar-refractivity contribution in [2.75, 3.05) is 13.2 Å². The molecule has 19 heavy (non-hydrogen) atoms. The van der Waals surface area contributed by atoms with Crippen LogP contribution in [0.1, 0.15) is 33.3 Å². The van der Waals surface area contributed by atoms with E-state index in [-0.39, 0.29) is 0 Å². The van der Waals surface area contributed by atoms with Gasteiger partial charge in [-0.05, 0) is 38.8 Å². The molecule has 0 aliphatic rings. The number of hydrogen-bond acceptors (Lipinski definition) is 3. The van der Waals surface area contributed by atoms with Crippen LogP contribution in [0.25, 0.3) is 0 Å². The summed E-state index contributed by atoms with van der Waals surface area (Å²) in [5.74, 6) is 0.871. The number of carbonyl (C=O) groups excluding carboxylic acids is 1. The van der Waals surface area contributed by atoms with Gasteiger partial charge in [0.05, 0.1) is 6.54 Å². The molecule has 0 aromatic heterocycles. The molecule has 4 heteroatoms. The Morgan fingerprint density at radius 2 is 1.95 bits per heavy atom. The molecule has 0 radical (unpaired) electrons. The Kier molecular flexibility index (Phi) is 5.67. The molecule has 0 saturated heterocycles. The monoisotopic (exact) mass is 265 g/mol. The minimum absolute atomic E-state index is 0.417. The highest BCUT2D eigenvalue weighted by Crippen LogP contribution is 2.17. The van der Waals surface area contributed by atoms with E-state index in [2.05, 4.69) is 12.2 Å². The maximum atomic E-state index is 11.4. The second kappa shape index (κ2) is 7.02. The molecule has 1 amide bonds.